The van der Waals surface area contributed by atoms with Crippen LogP contribution in [0.5, 0.6) is 5.75 Å². The molecule has 1 aromatic carbocycles. The average Bonchev–Trinajstić information content (AvgIpc) is 3.03. The van der Waals surface area contributed by atoms with Crippen LogP contribution in [0, 0.1) is 11.8 Å². The van der Waals surface area contributed by atoms with Gasteiger partial charge >= 0.3 is 5.97 Å². The van der Waals surface area contributed by atoms with Crippen LogP contribution in [0.4, 0.5) is 0 Å². The summed E-state index contributed by atoms with van der Waals surface area (Å²) in [4.78, 5) is 11.0. The molecule has 0 saturated heterocycles. The number of carbonyl (C=O) groups is 1. The maximum absolute atomic E-state index is 11.0. The van der Waals surface area contributed by atoms with Crippen molar-refractivity contribution in [2.45, 2.75) is 50.7 Å². The molecule has 1 fully saturated rings. The number of ether oxygens (including phenoxy) is 2. The first-order valence-electron chi connectivity index (χ1n) is 8.95. The second-order valence-electron chi connectivity index (χ2n) is 6.62. The molecule has 3 rings (SSSR count). The Kier molecular flexibility index (Phi) is 5.80. The summed E-state index contributed by atoms with van der Waals surface area (Å²) in [5.74, 6) is 5.43. The Morgan fingerprint density at radius 2 is 2.12 bits per heavy atom. The summed E-state index contributed by atoms with van der Waals surface area (Å²) in [6, 6.07) is 7.62. The average molecular weight is 352 g/mol. The molecule has 3 atom stereocenters. The second kappa shape index (κ2) is 8.25. The topological polar surface area (TPSA) is 55.8 Å². The molecule has 136 valence electrons. The summed E-state index contributed by atoms with van der Waals surface area (Å²) >= 11 is 0. The Bertz CT molecular complexity index is 777. The Balaban J connectivity index is 1.71. The molecule has 4 nitrogen and oxygen atoms in total. The van der Waals surface area contributed by atoms with E-state index in [4.69, 9.17) is 14.6 Å². The van der Waals surface area contributed by atoms with Crippen molar-refractivity contribution in [1.82, 2.24) is 0 Å². The van der Waals surface area contributed by atoms with Gasteiger partial charge in [0.1, 0.15) is 11.9 Å². The predicted molar refractivity (Wildman–Crippen MR) is 100 cm³/mol. The molecule has 1 aromatic rings. The zero-order valence-corrected chi connectivity index (χ0v) is 15.2. The van der Waals surface area contributed by atoms with Gasteiger partial charge in [0.2, 0.25) is 0 Å². The van der Waals surface area contributed by atoms with Crippen LogP contribution >= 0.6 is 0 Å². The number of benzene rings is 1. The third-order valence-electron chi connectivity index (χ3n) is 4.92. The molecule has 0 heterocycles. The number of methoxy groups -OCH3 is 1. The molecule has 0 radical (unpaired) electrons. The smallest absolute Gasteiger partial charge is 0.304 e. The molecule has 2 aliphatic rings. The lowest BCUT2D eigenvalue weighted by molar-refractivity contribution is -0.137. The van der Waals surface area contributed by atoms with Gasteiger partial charge in [-0.1, -0.05) is 24.1 Å². The number of aliphatic carboxylic acids is 1. The molecule has 0 aliphatic heterocycles. The Morgan fingerprint density at radius 1 is 1.35 bits per heavy atom. The van der Waals surface area contributed by atoms with Crippen molar-refractivity contribution in [2.24, 2.45) is 0 Å². The van der Waals surface area contributed by atoms with Crippen molar-refractivity contribution in [3.8, 4) is 17.6 Å². The van der Waals surface area contributed by atoms with E-state index in [1.807, 2.05) is 24.3 Å². The molecule has 26 heavy (non-hydrogen) atoms. The molecule has 0 amide bonds. The molecule has 2 aliphatic carbocycles. The van der Waals surface area contributed by atoms with Crippen LogP contribution in [0.1, 0.15) is 44.1 Å². The van der Waals surface area contributed by atoms with Gasteiger partial charge < -0.3 is 14.6 Å². The maximum Gasteiger partial charge on any atom is 0.304 e. The van der Waals surface area contributed by atoms with Crippen LogP contribution in [0.25, 0.3) is 0 Å². The minimum Gasteiger partial charge on any atom is -0.486 e. The summed E-state index contributed by atoms with van der Waals surface area (Å²) in [5, 5.41) is 9.05. The summed E-state index contributed by atoms with van der Waals surface area (Å²) in [5.41, 5.74) is 3.52. The molecule has 0 spiro atoms. The van der Waals surface area contributed by atoms with E-state index >= 15 is 0 Å². The van der Waals surface area contributed by atoms with Gasteiger partial charge in [-0.3, -0.25) is 4.79 Å². The summed E-state index contributed by atoms with van der Waals surface area (Å²) in [6.07, 6.45) is 7.57. The highest BCUT2D eigenvalue weighted by Gasteiger charge is 2.30. The van der Waals surface area contributed by atoms with Gasteiger partial charge in [0.05, 0.1) is 18.4 Å². The van der Waals surface area contributed by atoms with Crippen LogP contribution in [-0.4, -0.2) is 30.4 Å². The van der Waals surface area contributed by atoms with Crippen LogP contribution in [0.15, 0.2) is 47.6 Å². The van der Waals surface area contributed by atoms with Gasteiger partial charge in [-0.25, -0.2) is 0 Å². The quantitative estimate of drug-likeness (QED) is 0.784. The van der Waals surface area contributed by atoms with Crippen LogP contribution in [0.3, 0.4) is 0 Å². The number of carboxylic acids is 1. The number of hydrogen-bond acceptors (Lipinski definition) is 3. The van der Waals surface area contributed by atoms with E-state index in [0.29, 0.717) is 0 Å². The summed E-state index contributed by atoms with van der Waals surface area (Å²) in [6.45, 7) is 1.72. The first kappa shape index (κ1) is 18.3. The number of rotatable bonds is 6. The molecular weight excluding hydrogens is 328 g/mol. The van der Waals surface area contributed by atoms with Crippen molar-refractivity contribution in [3.05, 3.63) is 53.1 Å². The molecule has 4 heteroatoms. The first-order valence-corrected chi connectivity index (χ1v) is 8.95. The number of carboxylic acid groups (broad SMARTS) is 1. The fourth-order valence-corrected chi connectivity index (χ4v) is 3.58. The zero-order chi connectivity index (χ0) is 18.5. The van der Waals surface area contributed by atoms with Crippen LogP contribution in [-0.2, 0) is 9.53 Å². The van der Waals surface area contributed by atoms with Gasteiger partial charge in [-0.05, 0) is 61.1 Å². The van der Waals surface area contributed by atoms with Gasteiger partial charge in [0.25, 0.3) is 0 Å². The number of fused-ring (bicyclic) bond motifs is 1. The minimum absolute atomic E-state index is 0.00309. The maximum atomic E-state index is 11.0. The van der Waals surface area contributed by atoms with Crippen molar-refractivity contribution < 1.29 is 19.4 Å². The lowest BCUT2D eigenvalue weighted by Crippen LogP contribution is -2.19. The third-order valence-corrected chi connectivity index (χ3v) is 4.92. The summed E-state index contributed by atoms with van der Waals surface area (Å²) in [7, 11) is 1.73. The molecule has 1 N–H and O–H groups in total. The Labute approximate surface area is 154 Å². The first-order chi connectivity index (χ1) is 12.6. The van der Waals surface area contributed by atoms with Gasteiger partial charge in [-0.2, -0.15) is 0 Å². The highest BCUT2D eigenvalue weighted by atomic mass is 16.5. The SMILES string of the molecule is CC#C[C@@H](CC(=O)O)c1ccc(OC2CCC3=CCC(OC)C=C32)cc1. The standard InChI is InChI=1S/C22H24O4/c1-3-4-17(13-22(23)24)15-5-9-18(10-6-15)26-21-12-8-16-7-11-19(25-2)14-20(16)21/h5-7,9-10,14,17,19,21H,8,11-13H2,1-2H3,(H,23,24)/t17-,19?,21?/m0/s1. The Morgan fingerprint density at radius 3 is 2.77 bits per heavy atom. The molecule has 0 bridgehead atoms. The van der Waals surface area contributed by atoms with E-state index in [1.165, 1.54) is 11.1 Å². The van der Waals surface area contributed by atoms with Crippen molar-refractivity contribution in [2.75, 3.05) is 7.11 Å². The zero-order valence-electron chi connectivity index (χ0n) is 15.2. The molecule has 0 aromatic heterocycles. The van der Waals surface area contributed by atoms with Gasteiger partial charge in [-0.15, -0.1) is 5.92 Å². The summed E-state index contributed by atoms with van der Waals surface area (Å²) < 4.78 is 11.7. The normalized spacial score (nSPS) is 22.4. The fourth-order valence-electron chi connectivity index (χ4n) is 3.58. The second-order valence-corrected chi connectivity index (χ2v) is 6.62. The number of hydrogen-bond donors (Lipinski definition) is 1. The van der Waals surface area contributed by atoms with E-state index in [-0.39, 0.29) is 24.5 Å². The van der Waals surface area contributed by atoms with E-state index in [0.717, 1.165) is 30.6 Å². The van der Waals surface area contributed by atoms with E-state index in [9.17, 15) is 4.79 Å². The van der Waals surface area contributed by atoms with Crippen molar-refractivity contribution >= 4 is 5.97 Å². The fraction of sp³-hybridized carbons (Fsp3) is 0.409. The third kappa shape index (κ3) is 4.17. The van der Waals surface area contributed by atoms with E-state index in [1.54, 1.807) is 14.0 Å². The van der Waals surface area contributed by atoms with Crippen LogP contribution < -0.4 is 4.74 Å². The van der Waals surface area contributed by atoms with E-state index in [2.05, 4.69) is 24.0 Å². The molecular formula is C22H24O4. The monoisotopic (exact) mass is 352 g/mol. The lowest BCUT2D eigenvalue weighted by Gasteiger charge is -2.21. The molecule has 2 unspecified atom stereocenters. The lowest BCUT2D eigenvalue weighted by atomic mass is 9.96. The van der Waals surface area contributed by atoms with Gasteiger partial charge in [0, 0.05) is 7.11 Å². The largest absolute Gasteiger partial charge is 0.486 e. The van der Waals surface area contributed by atoms with Crippen LogP contribution in [0.2, 0.25) is 0 Å². The predicted octanol–water partition coefficient (Wildman–Crippen LogP) is 4.08. The Hall–Kier alpha value is -2.51. The van der Waals surface area contributed by atoms with E-state index < -0.39 is 5.97 Å². The highest BCUT2D eigenvalue weighted by molar-refractivity contribution is 5.69. The minimum atomic E-state index is -0.847. The van der Waals surface area contributed by atoms with Crippen molar-refractivity contribution in [3.63, 3.8) is 0 Å². The molecule has 1 saturated carbocycles. The van der Waals surface area contributed by atoms with Crippen molar-refractivity contribution in [1.29, 1.82) is 0 Å². The highest BCUT2D eigenvalue weighted by Crippen LogP contribution is 2.37. The van der Waals surface area contributed by atoms with Gasteiger partial charge in [0.15, 0.2) is 0 Å².